The summed E-state index contributed by atoms with van der Waals surface area (Å²) in [5, 5.41) is 4.00. The van der Waals surface area contributed by atoms with Gasteiger partial charge in [0.15, 0.2) is 5.82 Å². The summed E-state index contributed by atoms with van der Waals surface area (Å²) in [5.41, 5.74) is 5.42. The molecule has 0 spiro atoms. The van der Waals surface area contributed by atoms with Crippen LogP contribution in [0.4, 0.5) is 0 Å². The lowest BCUT2D eigenvalue weighted by Crippen LogP contribution is -2.13. The molecule has 0 aliphatic rings. The Kier molecular flexibility index (Phi) is 3.85. The van der Waals surface area contributed by atoms with Gasteiger partial charge < -0.3 is 10.3 Å². The highest BCUT2D eigenvalue weighted by molar-refractivity contribution is 5.01. The van der Waals surface area contributed by atoms with Crippen molar-refractivity contribution in [3.63, 3.8) is 0 Å². The van der Waals surface area contributed by atoms with Gasteiger partial charge in [-0.2, -0.15) is 4.98 Å². The highest BCUT2D eigenvalue weighted by Crippen LogP contribution is 2.23. The van der Waals surface area contributed by atoms with Crippen LogP contribution in [-0.4, -0.2) is 16.7 Å². The van der Waals surface area contributed by atoms with E-state index < -0.39 is 0 Å². The summed E-state index contributed by atoms with van der Waals surface area (Å²) in [5.74, 6) is 1.81. The molecular formula is C11H21N3O. The molecule has 0 saturated carbocycles. The third kappa shape index (κ3) is 3.30. The molecule has 0 amide bonds. The van der Waals surface area contributed by atoms with E-state index in [1.165, 1.54) is 0 Å². The van der Waals surface area contributed by atoms with Crippen LogP contribution in [0.3, 0.4) is 0 Å². The van der Waals surface area contributed by atoms with Gasteiger partial charge in [0.2, 0.25) is 5.89 Å². The fourth-order valence-corrected chi connectivity index (χ4v) is 1.29. The number of hydrogen-bond donors (Lipinski definition) is 1. The summed E-state index contributed by atoms with van der Waals surface area (Å²) in [6.45, 7) is 9.03. The molecule has 1 rings (SSSR count). The number of hydrogen-bond acceptors (Lipinski definition) is 4. The molecule has 0 aliphatic heterocycles. The zero-order chi connectivity index (χ0) is 11.5. The van der Waals surface area contributed by atoms with Crippen LogP contribution in [0.2, 0.25) is 0 Å². The molecule has 0 fully saturated rings. The summed E-state index contributed by atoms with van der Waals surface area (Å²) in [6, 6.07) is 0. The predicted octanol–water partition coefficient (Wildman–Crippen LogP) is 2.21. The molecule has 1 aromatic rings. The van der Waals surface area contributed by atoms with Gasteiger partial charge in [0, 0.05) is 11.3 Å². The van der Waals surface area contributed by atoms with Crippen molar-refractivity contribution in [2.24, 2.45) is 5.73 Å². The third-order valence-electron chi connectivity index (χ3n) is 2.38. The Bertz CT molecular complexity index is 301. The normalized spacial score (nSPS) is 14.2. The minimum Gasteiger partial charge on any atom is -0.339 e. The van der Waals surface area contributed by atoms with Crippen LogP contribution >= 0.6 is 0 Å². The first-order valence-corrected chi connectivity index (χ1v) is 5.49. The molecule has 86 valence electrons. The number of rotatable bonds is 4. The Balaban J connectivity index is 2.67. The van der Waals surface area contributed by atoms with Gasteiger partial charge in [0.05, 0.1) is 0 Å². The van der Waals surface area contributed by atoms with E-state index in [9.17, 15) is 0 Å². The molecule has 0 radical (unpaired) electrons. The van der Waals surface area contributed by atoms with Gasteiger partial charge >= 0.3 is 0 Å². The van der Waals surface area contributed by atoms with E-state index in [2.05, 4.69) is 37.8 Å². The molecule has 2 N–H and O–H groups in total. The van der Waals surface area contributed by atoms with E-state index in [1.807, 2.05) is 0 Å². The molecule has 15 heavy (non-hydrogen) atoms. The van der Waals surface area contributed by atoms with Gasteiger partial charge in [-0.25, -0.2) is 0 Å². The average molecular weight is 211 g/mol. The zero-order valence-corrected chi connectivity index (χ0v) is 10.1. The zero-order valence-electron chi connectivity index (χ0n) is 10.1. The van der Waals surface area contributed by atoms with Crippen LogP contribution in [0.1, 0.15) is 58.2 Å². The lowest BCUT2D eigenvalue weighted by Gasteiger charge is -2.11. The second kappa shape index (κ2) is 4.75. The van der Waals surface area contributed by atoms with Crippen LogP contribution in [0.15, 0.2) is 4.52 Å². The van der Waals surface area contributed by atoms with E-state index in [4.69, 9.17) is 10.3 Å². The molecule has 0 saturated heterocycles. The van der Waals surface area contributed by atoms with Crippen molar-refractivity contribution in [1.82, 2.24) is 10.1 Å². The monoisotopic (exact) mass is 211 g/mol. The quantitative estimate of drug-likeness (QED) is 0.829. The average Bonchev–Trinajstić information content (AvgIpc) is 2.62. The maximum Gasteiger partial charge on any atom is 0.229 e. The predicted molar refractivity (Wildman–Crippen MR) is 59.7 cm³/mol. The molecule has 1 heterocycles. The molecule has 0 aliphatic carbocycles. The Morgan fingerprint density at radius 3 is 2.53 bits per heavy atom. The number of aromatic nitrogens is 2. The van der Waals surface area contributed by atoms with Crippen molar-refractivity contribution in [1.29, 1.82) is 0 Å². The van der Waals surface area contributed by atoms with E-state index in [0.717, 1.165) is 24.6 Å². The van der Waals surface area contributed by atoms with Gasteiger partial charge in [0.25, 0.3) is 0 Å². The largest absolute Gasteiger partial charge is 0.339 e. The van der Waals surface area contributed by atoms with Crippen molar-refractivity contribution >= 4 is 0 Å². The summed E-state index contributed by atoms with van der Waals surface area (Å²) >= 11 is 0. The van der Waals surface area contributed by atoms with Crippen LogP contribution in [0.5, 0.6) is 0 Å². The Labute approximate surface area is 91.2 Å². The summed E-state index contributed by atoms with van der Waals surface area (Å²) in [7, 11) is 0. The van der Waals surface area contributed by atoms with Gasteiger partial charge in [-0.05, 0) is 19.4 Å². The Morgan fingerprint density at radius 2 is 2.07 bits per heavy atom. The van der Waals surface area contributed by atoms with E-state index in [-0.39, 0.29) is 5.41 Å². The molecule has 0 bridgehead atoms. The second-order valence-corrected chi connectivity index (χ2v) is 5.04. The molecule has 1 unspecified atom stereocenters. The minimum absolute atomic E-state index is 0.0463. The molecular weight excluding hydrogens is 190 g/mol. The summed E-state index contributed by atoms with van der Waals surface area (Å²) in [4.78, 5) is 4.42. The summed E-state index contributed by atoms with van der Waals surface area (Å²) < 4.78 is 5.25. The van der Waals surface area contributed by atoms with Crippen molar-refractivity contribution in [2.75, 3.05) is 6.54 Å². The molecule has 1 atom stereocenters. The number of nitrogens with zero attached hydrogens (tertiary/aromatic N) is 2. The van der Waals surface area contributed by atoms with Crippen molar-refractivity contribution in [3.8, 4) is 0 Å². The third-order valence-corrected chi connectivity index (χ3v) is 2.38. The number of nitrogens with two attached hydrogens (primary N) is 1. The van der Waals surface area contributed by atoms with E-state index in [1.54, 1.807) is 0 Å². The van der Waals surface area contributed by atoms with E-state index in [0.29, 0.717) is 12.5 Å². The van der Waals surface area contributed by atoms with Crippen molar-refractivity contribution in [3.05, 3.63) is 11.7 Å². The van der Waals surface area contributed by atoms with Crippen LogP contribution < -0.4 is 5.73 Å². The van der Waals surface area contributed by atoms with Gasteiger partial charge in [0.1, 0.15) is 0 Å². The smallest absolute Gasteiger partial charge is 0.229 e. The first-order chi connectivity index (χ1) is 6.95. The van der Waals surface area contributed by atoms with Crippen LogP contribution in [-0.2, 0) is 5.41 Å². The molecule has 4 heteroatoms. The van der Waals surface area contributed by atoms with Gasteiger partial charge in [-0.15, -0.1) is 0 Å². The lowest BCUT2D eigenvalue weighted by atomic mass is 9.96. The molecule has 0 aromatic carbocycles. The van der Waals surface area contributed by atoms with Crippen molar-refractivity contribution < 1.29 is 4.52 Å². The van der Waals surface area contributed by atoms with Gasteiger partial charge in [-0.3, -0.25) is 0 Å². The first-order valence-electron chi connectivity index (χ1n) is 5.49. The first kappa shape index (κ1) is 12.2. The van der Waals surface area contributed by atoms with E-state index >= 15 is 0 Å². The SMILES string of the molecule is CC(CCCN)c1nc(C(C)(C)C)no1. The maximum atomic E-state index is 5.46. The van der Waals surface area contributed by atoms with Crippen LogP contribution in [0.25, 0.3) is 0 Å². The highest BCUT2D eigenvalue weighted by atomic mass is 16.5. The highest BCUT2D eigenvalue weighted by Gasteiger charge is 2.22. The Hall–Kier alpha value is -0.900. The second-order valence-electron chi connectivity index (χ2n) is 5.04. The summed E-state index contributed by atoms with van der Waals surface area (Å²) in [6.07, 6.45) is 2.00. The van der Waals surface area contributed by atoms with Crippen molar-refractivity contribution in [2.45, 2.75) is 51.9 Å². The van der Waals surface area contributed by atoms with Crippen LogP contribution in [0, 0.1) is 0 Å². The topological polar surface area (TPSA) is 64.9 Å². The maximum absolute atomic E-state index is 5.46. The fourth-order valence-electron chi connectivity index (χ4n) is 1.29. The molecule has 1 aromatic heterocycles. The standard InChI is InChI=1S/C11H21N3O/c1-8(6-5-7-12)9-13-10(14-15-9)11(2,3)4/h8H,5-7,12H2,1-4H3. The lowest BCUT2D eigenvalue weighted by molar-refractivity contribution is 0.341. The minimum atomic E-state index is -0.0463. The molecule has 4 nitrogen and oxygen atoms in total. The fraction of sp³-hybridized carbons (Fsp3) is 0.818. The van der Waals surface area contributed by atoms with Gasteiger partial charge in [-0.1, -0.05) is 32.9 Å². The Morgan fingerprint density at radius 1 is 1.40 bits per heavy atom.